The Bertz CT molecular complexity index is 976. The Labute approximate surface area is 187 Å². The van der Waals surface area contributed by atoms with Crippen molar-refractivity contribution in [1.82, 2.24) is 15.5 Å². The molecule has 32 heavy (non-hydrogen) atoms. The highest BCUT2D eigenvalue weighted by Gasteiger charge is 2.52. The number of aromatic amines is 1. The van der Waals surface area contributed by atoms with E-state index in [-0.39, 0.29) is 24.7 Å². The van der Waals surface area contributed by atoms with Gasteiger partial charge in [-0.2, -0.15) is 5.10 Å². The van der Waals surface area contributed by atoms with E-state index in [0.29, 0.717) is 11.4 Å². The molecule has 1 unspecified atom stereocenters. The number of anilines is 1. The highest BCUT2D eigenvalue weighted by Crippen LogP contribution is 2.40. The number of halogens is 1. The third kappa shape index (κ3) is 4.70. The van der Waals surface area contributed by atoms with Gasteiger partial charge in [-0.25, -0.2) is 4.39 Å². The van der Waals surface area contributed by atoms with Gasteiger partial charge in [0.2, 0.25) is 5.91 Å². The molecule has 2 aliphatic carbocycles. The summed E-state index contributed by atoms with van der Waals surface area (Å²) in [4.78, 5) is 25.4. The maximum atomic E-state index is 14.2. The fourth-order valence-electron chi connectivity index (χ4n) is 4.53. The van der Waals surface area contributed by atoms with Crippen LogP contribution < -0.4 is 10.6 Å². The Hall–Kier alpha value is -2.74. The number of hydrogen-bond donors (Lipinski definition) is 4. The van der Waals surface area contributed by atoms with Gasteiger partial charge in [0, 0.05) is 16.9 Å². The van der Waals surface area contributed by atoms with Gasteiger partial charge in [0.15, 0.2) is 5.67 Å². The molecule has 0 saturated heterocycles. The third-order valence-corrected chi connectivity index (χ3v) is 6.60. The van der Waals surface area contributed by atoms with Crippen LogP contribution in [0.25, 0.3) is 11.1 Å². The molecule has 2 aliphatic rings. The normalized spacial score (nSPS) is 19.8. The van der Waals surface area contributed by atoms with Gasteiger partial charge in [-0.1, -0.05) is 31.4 Å². The number of carbonyl (C=O) groups is 2. The zero-order valence-corrected chi connectivity index (χ0v) is 18.6. The predicted molar refractivity (Wildman–Crippen MR) is 120 cm³/mol. The van der Waals surface area contributed by atoms with Crippen LogP contribution in [0.5, 0.6) is 0 Å². The molecule has 2 aromatic rings. The molecule has 4 rings (SSSR count). The minimum absolute atomic E-state index is 0.0107. The molecule has 4 N–H and O–H groups in total. The fraction of sp³-hybridized carbons (Fsp3) is 0.542. The lowest BCUT2D eigenvalue weighted by atomic mass is 9.83. The van der Waals surface area contributed by atoms with Crippen molar-refractivity contribution in [3.8, 4) is 11.1 Å². The van der Waals surface area contributed by atoms with Crippen molar-refractivity contribution in [3.63, 3.8) is 0 Å². The van der Waals surface area contributed by atoms with Crippen molar-refractivity contribution in [3.05, 3.63) is 35.7 Å². The summed E-state index contributed by atoms with van der Waals surface area (Å²) in [5.41, 5.74) is 1.91. The minimum atomic E-state index is -1.81. The van der Waals surface area contributed by atoms with Gasteiger partial charge in [-0.05, 0) is 63.1 Å². The molecule has 0 spiro atoms. The van der Waals surface area contributed by atoms with E-state index < -0.39 is 23.7 Å². The number of carbonyl (C=O) groups excluding carboxylic acids is 2. The molecule has 2 fully saturated rings. The molecule has 2 atom stereocenters. The van der Waals surface area contributed by atoms with Gasteiger partial charge in [-0.15, -0.1) is 0 Å². The first-order valence-electron chi connectivity index (χ1n) is 11.4. The Morgan fingerprint density at radius 2 is 1.84 bits per heavy atom. The maximum absolute atomic E-state index is 14.2. The number of benzene rings is 1. The van der Waals surface area contributed by atoms with Crippen LogP contribution >= 0.6 is 0 Å². The number of nitrogens with one attached hydrogen (secondary N) is 3. The summed E-state index contributed by atoms with van der Waals surface area (Å²) in [5.74, 6) is -0.970. The molecule has 0 radical (unpaired) electrons. The van der Waals surface area contributed by atoms with E-state index in [9.17, 15) is 19.1 Å². The summed E-state index contributed by atoms with van der Waals surface area (Å²) in [6.45, 7) is 3.55. The van der Waals surface area contributed by atoms with Gasteiger partial charge >= 0.3 is 0 Å². The summed E-state index contributed by atoms with van der Waals surface area (Å²) in [5, 5.41) is 22.6. The summed E-state index contributed by atoms with van der Waals surface area (Å²) in [6, 6.07) is 6.53. The lowest BCUT2D eigenvalue weighted by molar-refractivity contribution is -0.132. The maximum Gasteiger partial charge on any atom is 0.258 e. The predicted octanol–water partition coefficient (Wildman–Crippen LogP) is 3.94. The summed E-state index contributed by atoms with van der Waals surface area (Å²) < 4.78 is 14.2. The number of aliphatic hydroxyl groups is 1. The lowest BCUT2D eigenvalue weighted by Gasteiger charge is -2.30. The Balaban J connectivity index is 1.49. The molecular formula is C24H31FN4O3. The van der Waals surface area contributed by atoms with Crippen LogP contribution in [0.4, 0.5) is 10.1 Å². The zero-order chi connectivity index (χ0) is 22.9. The zero-order valence-electron chi connectivity index (χ0n) is 18.6. The highest BCUT2D eigenvalue weighted by molar-refractivity contribution is 5.99. The van der Waals surface area contributed by atoms with Crippen LogP contribution in [0.3, 0.4) is 0 Å². The largest absolute Gasteiger partial charge is 0.387 e. The molecule has 172 valence electrons. The molecular weight excluding hydrogens is 411 g/mol. The smallest absolute Gasteiger partial charge is 0.258 e. The van der Waals surface area contributed by atoms with E-state index >= 15 is 0 Å². The van der Waals surface area contributed by atoms with Crippen molar-refractivity contribution >= 4 is 17.5 Å². The van der Waals surface area contributed by atoms with E-state index in [1.165, 1.54) is 0 Å². The van der Waals surface area contributed by atoms with Crippen molar-refractivity contribution < 1.29 is 19.1 Å². The van der Waals surface area contributed by atoms with Gasteiger partial charge in [-0.3, -0.25) is 14.7 Å². The fourth-order valence-corrected chi connectivity index (χ4v) is 4.53. The van der Waals surface area contributed by atoms with E-state index in [4.69, 9.17) is 0 Å². The molecule has 1 heterocycles. The van der Waals surface area contributed by atoms with Crippen LogP contribution in [-0.4, -0.2) is 38.8 Å². The van der Waals surface area contributed by atoms with Crippen LogP contribution in [-0.2, 0) is 9.59 Å². The Kier molecular flexibility index (Phi) is 6.33. The second-order valence-electron chi connectivity index (χ2n) is 9.17. The first-order chi connectivity index (χ1) is 15.3. The quantitative estimate of drug-likeness (QED) is 0.521. The third-order valence-electron chi connectivity index (χ3n) is 6.60. The number of nitrogens with zero attached hydrogens (tertiary/aromatic N) is 1. The topological polar surface area (TPSA) is 107 Å². The number of aliphatic hydroxyl groups excluding tert-OH is 1. The number of amides is 2. The average Bonchev–Trinajstić information content (AvgIpc) is 3.42. The minimum Gasteiger partial charge on any atom is -0.387 e. The number of rotatable bonds is 7. The molecule has 0 bridgehead atoms. The van der Waals surface area contributed by atoms with Gasteiger partial charge in [0.1, 0.15) is 6.04 Å². The van der Waals surface area contributed by atoms with Gasteiger partial charge < -0.3 is 15.7 Å². The number of H-pyrrole nitrogens is 1. The monoisotopic (exact) mass is 442 g/mol. The molecule has 2 amide bonds. The summed E-state index contributed by atoms with van der Waals surface area (Å²) in [7, 11) is 0. The van der Waals surface area contributed by atoms with E-state index in [1.54, 1.807) is 19.1 Å². The first-order valence-corrected chi connectivity index (χ1v) is 11.4. The molecule has 7 nitrogen and oxygen atoms in total. The Morgan fingerprint density at radius 1 is 1.19 bits per heavy atom. The Morgan fingerprint density at radius 3 is 2.44 bits per heavy atom. The van der Waals surface area contributed by atoms with E-state index in [2.05, 4.69) is 20.8 Å². The molecule has 2 saturated carbocycles. The molecule has 1 aromatic heterocycles. The van der Waals surface area contributed by atoms with Crippen molar-refractivity contribution in [2.75, 3.05) is 5.32 Å². The summed E-state index contributed by atoms with van der Waals surface area (Å²) >= 11 is 0. The molecule has 1 aromatic carbocycles. The second-order valence-corrected chi connectivity index (χ2v) is 9.17. The number of alkyl halides is 1. The van der Waals surface area contributed by atoms with Crippen LogP contribution in [0.1, 0.15) is 69.4 Å². The standard InChI is InChI=1S/C24H31FN4O3/c1-14-19(20(15(2)30)29-28-14)16-8-10-18(11-9-16)26-22(31)21(17-6-4-3-5-7-17)27-23(32)24(25)12-13-24/h8-11,15,17,21,30H,3-7,12-13H2,1-2H3,(H,26,31)(H,27,32)(H,28,29)/t15?,21-/m0/s1. The first kappa shape index (κ1) is 22.5. The number of aromatic nitrogens is 2. The van der Waals surface area contributed by atoms with E-state index in [0.717, 1.165) is 48.9 Å². The van der Waals surface area contributed by atoms with Crippen LogP contribution in [0.2, 0.25) is 0 Å². The number of aryl methyl sites for hydroxylation is 1. The lowest BCUT2D eigenvalue weighted by Crippen LogP contribution is -2.51. The molecule has 0 aliphatic heterocycles. The SMILES string of the molecule is Cc1[nH]nc(C(C)O)c1-c1ccc(NC(=O)[C@@H](NC(=O)C2(F)CC2)C2CCCCC2)cc1. The van der Waals surface area contributed by atoms with E-state index in [1.807, 2.05) is 19.1 Å². The average molecular weight is 443 g/mol. The van der Waals surface area contributed by atoms with Crippen molar-refractivity contribution in [1.29, 1.82) is 0 Å². The van der Waals surface area contributed by atoms with Gasteiger partial charge in [0.05, 0.1) is 11.8 Å². The molecule has 8 heteroatoms. The number of hydrogen-bond acceptors (Lipinski definition) is 4. The van der Waals surface area contributed by atoms with Crippen molar-refractivity contribution in [2.24, 2.45) is 5.92 Å². The second kappa shape index (κ2) is 9.02. The summed E-state index contributed by atoms with van der Waals surface area (Å²) in [6.07, 6.45) is 4.57. The highest BCUT2D eigenvalue weighted by atomic mass is 19.1. The van der Waals surface area contributed by atoms with Gasteiger partial charge in [0.25, 0.3) is 5.91 Å². The van der Waals surface area contributed by atoms with Crippen LogP contribution in [0, 0.1) is 12.8 Å². The van der Waals surface area contributed by atoms with Crippen LogP contribution in [0.15, 0.2) is 24.3 Å². The van der Waals surface area contributed by atoms with Crippen molar-refractivity contribution in [2.45, 2.75) is 76.6 Å².